The molecule has 0 saturated carbocycles. The third-order valence-electron chi connectivity index (χ3n) is 4.43. The number of amides is 2. The summed E-state index contributed by atoms with van der Waals surface area (Å²) < 4.78 is 0. The quantitative estimate of drug-likeness (QED) is 0.566. The number of nitrogens with one attached hydrogen (secondary N) is 2. The first kappa shape index (κ1) is 19.9. The van der Waals surface area contributed by atoms with Crippen LogP contribution < -0.4 is 15.5 Å². The van der Waals surface area contributed by atoms with Crippen molar-refractivity contribution in [1.82, 2.24) is 5.32 Å². The minimum atomic E-state index is -0.640. The molecule has 1 atom stereocenters. The largest absolute Gasteiger partial charge is 0.368 e. The topological polar surface area (TPSA) is 105 Å². The molecule has 10 heteroatoms. The van der Waals surface area contributed by atoms with Crippen molar-refractivity contribution in [3.63, 3.8) is 0 Å². The van der Waals surface area contributed by atoms with Crippen LogP contribution in [0, 0.1) is 10.1 Å². The maximum Gasteiger partial charge on any atom is 0.293 e. The number of halogens is 2. The summed E-state index contributed by atoms with van der Waals surface area (Å²) in [5, 5.41) is 17.5. The van der Waals surface area contributed by atoms with E-state index in [1.54, 1.807) is 23.1 Å². The summed E-state index contributed by atoms with van der Waals surface area (Å²) in [5.74, 6) is -0.666. The summed E-state index contributed by atoms with van der Waals surface area (Å²) in [6, 6.07) is 8.33. The van der Waals surface area contributed by atoms with Crippen LogP contribution in [0.4, 0.5) is 17.1 Å². The smallest absolute Gasteiger partial charge is 0.293 e. The van der Waals surface area contributed by atoms with Crippen LogP contribution in [-0.4, -0.2) is 36.4 Å². The van der Waals surface area contributed by atoms with Crippen molar-refractivity contribution in [3.05, 3.63) is 62.1 Å². The van der Waals surface area contributed by atoms with Crippen LogP contribution >= 0.6 is 23.2 Å². The predicted molar refractivity (Wildman–Crippen MR) is 107 cm³/mol. The Bertz CT molecular complexity index is 967. The maximum atomic E-state index is 12.8. The second-order valence-electron chi connectivity index (χ2n) is 6.14. The molecule has 2 N–H and O–H groups in total. The summed E-state index contributed by atoms with van der Waals surface area (Å²) >= 11 is 11.9. The van der Waals surface area contributed by atoms with Crippen molar-refractivity contribution in [2.75, 3.05) is 23.8 Å². The normalized spacial score (nSPS) is 16.2. The zero-order valence-electron chi connectivity index (χ0n) is 14.7. The Hall–Kier alpha value is -2.84. The lowest BCUT2D eigenvalue weighted by Gasteiger charge is -2.18. The van der Waals surface area contributed by atoms with Gasteiger partial charge in [0.2, 0.25) is 5.91 Å². The fourth-order valence-electron chi connectivity index (χ4n) is 3.00. The molecular formula is C18H16Cl2N4O4. The van der Waals surface area contributed by atoms with Gasteiger partial charge in [-0.1, -0.05) is 23.2 Å². The lowest BCUT2D eigenvalue weighted by molar-refractivity contribution is -0.384. The molecule has 1 saturated heterocycles. The Kier molecular flexibility index (Phi) is 5.71. The summed E-state index contributed by atoms with van der Waals surface area (Å²) in [7, 11) is 1.44. The Labute approximate surface area is 170 Å². The van der Waals surface area contributed by atoms with Gasteiger partial charge in [-0.2, -0.15) is 0 Å². The van der Waals surface area contributed by atoms with Gasteiger partial charge >= 0.3 is 0 Å². The average Bonchev–Trinajstić information content (AvgIpc) is 3.04. The molecule has 2 amide bonds. The Morgan fingerprint density at radius 3 is 2.61 bits per heavy atom. The molecule has 1 unspecified atom stereocenters. The van der Waals surface area contributed by atoms with E-state index in [0.29, 0.717) is 28.7 Å². The summed E-state index contributed by atoms with van der Waals surface area (Å²) in [6.45, 7) is 0.429. The number of anilines is 2. The molecule has 3 rings (SSSR count). The van der Waals surface area contributed by atoms with Crippen LogP contribution in [-0.2, 0) is 4.79 Å². The van der Waals surface area contributed by atoms with Gasteiger partial charge in [0.1, 0.15) is 11.7 Å². The van der Waals surface area contributed by atoms with E-state index in [4.69, 9.17) is 23.2 Å². The molecule has 1 aliphatic heterocycles. The Morgan fingerprint density at radius 1 is 1.21 bits per heavy atom. The first-order valence-corrected chi connectivity index (χ1v) is 9.11. The monoisotopic (exact) mass is 422 g/mol. The number of rotatable bonds is 5. The highest BCUT2D eigenvalue weighted by Crippen LogP contribution is 2.32. The van der Waals surface area contributed by atoms with Crippen LogP contribution in [0.25, 0.3) is 0 Å². The second kappa shape index (κ2) is 8.04. The van der Waals surface area contributed by atoms with Crippen LogP contribution in [0.2, 0.25) is 10.0 Å². The maximum absolute atomic E-state index is 12.8. The number of carbonyl (C=O) groups excluding carboxylic acids is 2. The zero-order valence-corrected chi connectivity index (χ0v) is 16.3. The molecule has 0 aromatic heterocycles. The molecule has 0 spiro atoms. The van der Waals surface area contributed by atoms with Crippen molar-refractivity contribution in [3.8, 4) is 0 Å². The van der Waals surface area contributed by atoms with Crippen LogP contribution in [0.15, 0.2) is 36.4 Å². The van der Waals surface area contributed by atoms with E-state index in [0.717, 1.165) is 0 Å². The van der Waals surface area contributed by atoms with E-state index < -0.39 is 16.9 Å². The highest BCUT2D eigenvalue weighted by molar-refractivity contribution is 6.42. The third kappa shape index (κ3) is 3.88. The molecule has 0 radical (unpaired) electrons. The number of hydrogen-bond acceptors (Lipinski definition) is 5. The first-order chi connectivity index (χ1) is 13.3. The Balaban J connectivity index is 1.82. The van der Waals surface area contributed by atoms with Crippen molar-refractivity contribution >= 4 is 52.1 Å². The highest BCUT2D eigenvalue weighted by Gasteiger charge is 2.34. The van der Waals surface area contributed by atoms with E-state index >= 15 is 0 Å². The number of nitro groups is 1. The molecule has 1 aliphatic rings. The molecule has 1 heterocycles. The van der Waals surface area contributed by atoms with Gasteiger partial charge in [-0.15, -0.1) is 0 Å². The molecule has 146 valence electrons. The fourth-order valence-corrected chi connectivity index (χ4v) is 3.29. The van der Waals surface area contributed by atoms with Crippen molar-refractivity contribution in [2.24, 2.45) is 0 Å². The van der Waals surface area contributed by atoms with E-state index in [9.17, 15) is 19.7 Å². The van der Waals surface area contributed by atoms with Gasteiger partial charge in [-0.05, 0) is 36.8 Å². The number of benzene rings is 2. The third-order valence-corrected chi connectivity index (χ3v) is 5.17. The number of hydrogen-bond donors (Lipinski definition) is 2. The molecule has 1 fully saturated rings. The van der Waals surface area contributed by atoms with E-state index in [2.05, 4.69) is 10.6 Å². The zero-order chi connectivity index (χ0) is 20.4. The number of nitrogens with zero attached hydrogens (tertiary/aromatic N) is 2. The van der Waals surface area contributed by atoms with Crippen molar-refractivity contribution < 1.29 is 14.5 Å². The standard InChI is InChI=1S/C18H16Cl2N4O4/c1-21-17(25)10-2-5-14(16(8-10)24(27)28)22-15-6-7-23(18(15)26)11-3-4-12(19)13(20)9-11/h2-5,8-9,15,22H,6-7H2,1H3,(H,21,25). The summed E-state index contributed by atoms with van der Waals surface area (Å²) in [4.78, 5) is 36.8. The number of carbonyl (C=O) groups is 2. The minimum Gasteiger partial charge on any atom is -0.368 e. The Morgan fingerprint density at radius 2 is 1.96 bits per heavy atom. The van der Waals surface area contributed by atoms with Gasteiger partial charge in [-0.3, -0.25) is 19.7 Å². The van der Waals surface area contributed by atoms with Gasteiger partial charge in [0.25, 0.3) is 11.6 Å². The van der Waals surface area contributed by atoms with Crippen molar-refractivity contribution in [1.29, 1.82) is 0 Å². The molecule has 8 nitrogen and oxygen atoms in total. The van der Waals surface area contributed by atoms with E-state index in [-0.39, 0.29) is 22.8 Å². The number of nitro benzene ring substituents is 1. The second-order valence-corrected chi connectivity index (χ2v) is 6.96. The fraction of sp³-hybridized carbons (Fsp3) is 0.222. The van der Waals surface area contributed by atoms with Gasteiger partial charge in [0.15, 0.2) is 0 Å². The average molecular weight is 423 g/mol. The molecule has 2 aromatic rings. The van der Waals surface area contributed by atoms with Gasteiger partial charge in [-0.25, -0.2) is 0 Å². The van der Waals surface area contributed by atoms with Crippen LogP contribution in [0.3, 0.4) is 0 Å². The lowest BCUT2D eigenvalue weighted by Crippen LogP contribution is -2.33. The van der Waals surface area contributed by atoms with Gasteiger partial charge in [0.05, 0.1) is 15.0 Å². The van der Waals surface area contributed by atoms with Gasteiger partial charge in [0, 0.05) is 30.9 Å². The summed E-state index contributed by atoms with van der Waals surface area (Å²) in [6.07, 6.45) is 0.452. The predicted octanol–water partition coefficient (Wildman–Crippen LogP) is 3.48. The molecule has 2 aromatic carbocycles. The van der Waals surface area contributed by atoms with E-state index in [1.165, 1.54) is 25.2 Å². The van der Waals surface area contributed by atoms with Crippen LogP contribution in [0.1, 0.15) is 16.8 Å². The summed E-state index contributed by atoms with van der Waals surface area (Å²) in [5.41, 5.74) is 0.664. The highest BCUT2D eigenvalue weighted by atomic mass is 35.5. The first-order valence-electron chi connectivity index (χ1n) is 8.35. The SMILES string of the molecule is CNC(=O)c1ccc(NC2CCN(c3ccc(Cl)c(Cl)c3)C2=O)c([N+](=O)[O-])c1. The molecule has 28 heavy (non-hydrogen) atoms. The lowest BCUT2D eigenvalue weighted by atomic mass is 10.1. The van der Waals surface area contributed by atoms with Gasteiger partial charge < -0.3 is 15.5 Å². The minimum absolute atomic E-state index is 0.162. The van der Waals surface area contributed by atoms with Crippen molar-refractivity contribution in [2.45, 2.75) is 12.5 Å². The molecule has 0 bridgehead atoms. The molecular weight excluding hydrogens is 407 g/mol. The van der Waals surface area contributed by atoms with E-state index in [1.807, 2.05) is 0 Å². The molecule has 0 aliphatic carbocycles. The van der Waals surface area contributed by atoms with Crippen LogP contribution in [0.5, 0.6) is 0 Å².